The number of fused-ring (bicyclic) bond motifs is 1. The van der Waals surface area contributed by atoms with Crippen molar-refractivity contribution in [1.29, 1.82) is 0 Å². The maximum absolute atomic E-state index is 12.8. The summed E-state index contributed by atoms with van der Waals surface area (Å²) in [5.41, 5.74) is 5.91. The van der Waals surface area contributed by atoms with Crippen molar-refractivity contribution in [3.63, 3.8) is 0 Å². The summed E-state index contributed by atoms with van der Waals surface area (Å²) in [6.07, 6.45) is 1.41. The Kier molecular flexibility index (Phi) is 4.00. The first-order valence-electron chi connectivity index (χ1n) is 6.84. The zero-order valence-electron chi connectivity index (χ0n) is 11.6. The molecule has 1 aromatic heterocycles. The number of nitrogens with zero attached hydrogens (tertiary/aromatic N) is 1. The van der Waals surface area contributed by atoms with Crippen molar-refractivity contribution < 1.29 is 8.42 Å². The monoisotopic (exact) mass is 344 g/mol. The summed E-state index contributed by atoms with van der Waals surface area (Å²) >= 11 is 7.25. The molecule has 4 nitrogen and oxygen atoms in total. The van der Waals surface area contributed by atoms with E-state index in [4.69, 9.17) is 17.3 Å². The van der Waals surface area contributed by atoms with Gasteiger partial charge in [-0.05, 0) is 49.4 Å². The Bertz CT molecular complexity index is 772. The number of sulfonamides is 1. The van der Waals surface area contributed by atoms with Gasteiger partial charge in [-0.2, -0.15) is 4.31 Å². The second-order valence-corrected chi connectivity index (χ2v) is 9.13. The van der Waals surface area contributed by atoms with Crippen LogP contribution in [0.25, 0.3) is 10.1 Å². The average molecular weight is 345 g/mol. The van der Waals surface area contributed by atoms with Crippen LogP contribution in [-0.2, 0) is 10.0 Å². The van der Waals surface area contributed by atoms with Crippen LogP contribution in [0.3, 0.4) is 0 Å². The normalized spacial score (nSPS) is 24.5. The quantitative estimate of drug-likeness (QED) is 0.910. The highest BCUT2D eigenvalue weighted by atomic mass is 35.5. The lowest BCUT2D eigenvalue weighted by Crippen LogP contribution is -2.48. The van der Waals surface area contributed by atoms with E-state index in [1.807, 2.05) is 13.0 Å². The summed E-state index contributed by atoms with van der Waals surface area (Å²) in [7, 11) is -3.46. The fourth-order valence-electron chi connectivity index (χ4n) is 2.78. The van der Waals surface area contributed by atoms with Crippen LogP contribution in [0, 0.1) is 0 Å². The Hall–Kier alpha value is -0.660. The minimum absolute atomic E-state index is 0.0625. The SMILES string of the molecule is C[C@H]1C[C@@H](N)CCN1S(=O)(=O)c1cc2cc(Cl)ccc2s1. The van der Waals surface area contributed by atoms with E-state index in [-0.39, 0.29) is 12.1 Å². The molecule has 2 N–H and O–H groups in total. The number of nitrogens with two attached hydrogens (primary N) is 1. The standard InChI is InChI=1S/C14H17ClN2O2S2/c1-9-6-12(16)4-5-17(9)21(18,19)14-8-10-7-11(15)2-3-13(10)20-14/h2-3,7-9,12H,4-6,16H2,1H3/t9-,12-/m0/s1. The molecule has 0 saturated carbocycles. The third-order valence-corrected chi connectivity index (χ3v) is 7.69. The molecule has 2 atom stereocenters. The van der Waals surface area contributed by atoms with Crippen LogP contribution in [0.5, 0.6) is 0 Å². The molecular formula is C14H17ClN2O2S2. The lowest BCUT2D eigenvalue weighted by molar-refractivity contribution is 0.247. The summed E-state index contributed by atoms with van der Waals surface area (Å²) in [4.78, 5) is 0. The third kappa shape index (κ3) is 2.83. The predicted molar refractivity (Wildman–Crippen MR) is 87.4 cm³/mol. The van der Waals surface area contributed by atoms with E-state index in [0.29, 0.717) is 28.6 Å². The van der Waals surface area contributed by atoms with Gasteiger partial charge in [0.2, 0.25) is 0 Å². The Morgan fingerprint density at radius 1 is 1.38 bits per heavy atom. The van der Waals surface area contributed by atoms with Gasteiger partial charge in [0, 0.05) is 28.4 Å². The van der Waals surface area contributed by atoms with E-state index >= 15 is 0 Å². The summed E-state index contributed by atoms with van der Waals surface area (Å²) < 4.78 is 28.5. The van der Waals surface area contributed by atoms with E-state index in [0.717, 1.165) is 10.1 Å². The molecule has 0 radical (unpaired) electrons. The molecule has 3 rings (SSSR count). The molecule has 0 amide bonds. The van der Waals surface area contributed by atoms with Gasteiger partial charge >= 0.3 is 0 Å². The first-order valence-corrected chi connectivity index (χ1v) is 9.48. The average Bonchev–Trinajstić information content (AvgIpc) is 2.81. The van der Waals surface area contributed by atoms with Gasteiger partial charge in [0.25, 0.3) is 10.0 Å². The Morgan fingerprint density at radius 2 is 2.14 bits per heavy atom. The molecule has 2 heterocycles. The van der Waals surface area contributed by atoms with Crippen LogP contribution >= 0.6 is 22.9 Å². The molecular weight excluding hydrogens is 328 g/mol. The molecule has 1 aliphatic heterocycles. The minimum Gasteiger partial charge on any atom is -0.328 e. The van der Waals surface area contributed by atoms with Crippen molar-refractivity contribution in [2.45, 2.75) is 36.1 Å². The van der Waals surface area contributed by atoms with Crippen LogP contribution in [0.15, 0.2) is 28.5 Å². The van der Waals surface area contributed by atoms with Crippen LogP contribution in [0.4, 0.5) is 0 Å². The van der Waals surface area contributed by atoms with Crippen molar-refractivity contribution in [1.82, 2.24) is 4.31 Å². The minimum atomic E-state index is -3.46. The fraction of sp³-hybridized carbons (Fsp3) is 0.429. The van der Waals surface area contributed by atoms with Crippen molar-refractivity contribution in [3.05, 3.63) is 29.3 Å². The summed E-state index contributed by atoms with van der Waals surface area (Å²) in [6, 6.07) is 7.17. The molecule has 2 aromatic rings. The molecule has 21 heavy (non-hydrogen) atoms. The maximum atomic E-state index is 12.8. The predicted octanol–water partition coefficient (Wildman–Crippen LogP) is 3.06. The first-order chi connectivity index (χ1) is 9.88. The highest BCUT2D eigenvalue weighted by Crippen LogP contribution is 2.34. The highest BCUT2D eigenvalue weighted by Gasteiger charge is 2.34. The van der Waals surface area contributed by atoms with E-state index in [1.54, 1.807) is 22.5 Å². The molecule has 7 heteroatoms. The Balaban J connectivity index is 2.00. The molecule has 1 saturated heterocycles. The van der Waals surface area contributed by atoms with E-state index in [9.17, 15) is 8.42 Å². The molecule has 114 valence electrons. The number of halogens is 1. The van der Waals surface area contributed by atoms with Crippen LogP contribution in [0.2, 0.25) is 5.02 Å². The van der Waals surface area contributed by atoms with E-state index in [1.165, 1.54) is 11.3 Å². The molecule has 0 bridgehead atoms. The molecule has 1 aliphatic rings. The summed E-state index contributed by atoms with van der Waals surface area (Å²) in [5.74, 6) is 0. The molecule has 1 fully saturated rings. The van der Waals surface area contributed by atoms with Crippen molar-refractivity contribution in [3.8, 4) is 0 Å². The maximum Gasteiger partial charge on any atom is 0.252 e. The Morgan fingerprint density at radius 3 is 2.86 bits per heavy atom. The number of rotatable bonds is 2. The van der Waals surface area contributed by atoms with Gasteiger partial charge in [-0.3, -0.25) is 0 Å². The van der Waals surface area contributed by atoms with Crippen molar-refractivity contribution in [2.24, 2.45) is 5.73 Å². The summed E-state index contributed by atoms with van der Waals surface area (Å²) in [6.45, 7) is 2.40. The van der Waals surface area contributed by atoms with Crippen molar-refractivity contribution >= 4 is 43.0 Å². The van der Waals surface area contributed by atoms with E-state index in [2.05, 4.69) is 0 Å². The van der Waals surface area contributed by atoms with Gasteiger partial charge in [0.1, 0.15) is 4.21 Å². The van der Waals surface area contributed by atoms with E-state index < -0.39 is 10.0 Å². The summed E-state index contributed by atoms with van der Waals surface area (Å²) in [5, 5.41) is 1.48. The molecule has 0 aliphatic carbocycles. The number of benzene rings is 1. The van der Waals surface area contributed by atoms with Crippen LogP contribution in [0.1, 0.15) is 19.8 Å². The highest BCUT2D eigenvalue weighted by molar-refractivity contribution is 7.91. The van der Waals surface area contributed by atoms with Crippen molar-refractivity contribution in [2.75, 3.05) is 6.54 Å². The number of thiophene rings is 1. The van der Waals surface area contributed by atoms with Crippen LogP contribution in [-0.4, -0.2) is 31.4 Å². The topological polar surface area (TPSA) is 63.4 Å². The fourth-order valence-corrected chi connectivity index (χ4v) is 6.12. The largest absolute Gasteiger partial charge is 0.328 e. The lowest BCUT2D eigenvalue weighted by atomic mass is 10.0. The second kappa shape index (κ2) is 5.52. The first kappa shape index (κ1) is 15.2. The van der Waals surface area contributed by atoms with Gasteiger partial charge in [-0.25, -0.2) is 8.42 Å². The van der Waals surface area contributed by atoms with Gasteiger partial charge in [-0.15, -0.1) is 11.3 Å². The smallest absolute Gasteiger partial charge is 0.252 e. The molecule has 0 unspecified atom stereocenters. The Labute approximate surface area is 133 Å². The van der Waals surface area contributed by atoms with Gasteiger partial charge < -0.3 is 5.73 Å². The van der Waals surface area contributed by atoms with Gasteiger partial charge in [-0.1, -0.05) is 11.6 Å². The van der Waals surface area contributed by atoms with Crippen LogP contribution < -0.4 is 5.73 Å². The number of piperidine rings is 1. The number of hydrogen-bond donors (Lipinski definition) is 1. The second-order valence-electron chi connectivity index (χ2n) is 5.50. The van der Waals surface area contributed by atoms with Gasteiger partial charge in [0.05, 0.1) is 0 Å². The third-order valence-electron chi connectivity index (χ3n) is 3.87. The zero-order valence-corrected chi connectivity index (χ0v) is 14.0. The number of hydrogen-bond acceptors (Lipinski definition) is 4. The molecule has 1 aromatic carbocycles. The lowest BCUT2D eigenvalue weighted by Gasteiger charge is -2.34. The zero-order chi connectivity index (χ0) is 15.2. The molecule has 0 spiro atoms. The van der Waals surface area contributed by atoms with Gasteiger partial charge in [0.15, 0.2) is 0 Å².